The van der Waals surface area contributed by atoms with Crippen LogP contribution in [-0.2, 0) is 11.2 Å². The van der Waals surface area contributed by atoms with Crippen LogP contribution >= 0.6 is 0 Å². The van der Waals surface area contributed by atoms with Crippen LogP contribution in [0.15, 0.2) is 36.4 Å². The third-order valence-corrected chi connectivity index (χ3v) is 4.04. The summed E-state index contributed by atoms with van der Waals surface area (Å²) in [6.45, 7) is 3.23. The summed E-state index contributed by atoms with van der Waals surface area (Å²) in [6.07, 6.45) is 0.332. The number of likely N-dealkylation sites (tertiary alicyclic amines) is 1. The second-order valence-corrected chi connectivity index (χ2v) is 5.70. The minimum atomic E-state index is -0.00253. The van der Waals surface area contributed by atoms with Gasteiger partial charge in [0.05, 0.1) is 12.1 Å². The van der Waals surface area contributed by atoms with E-state index in [4.69, 9.17) is 5.73 Å². The molecule has 0 unspecified atom stereocenters. The summed E-state index contributed by atoms with van der Waals surface area (Å²) in [5, 5.41) is 6.98. The molecule has 0 spiro atoms. The Kier molecular flexibility index (Phi) is 3.75. The molecule has 0 bridgehead atoms. The van der Waals surface area contributed by atoms with E-state index in [-0.39, 0.29) is 17.9 Å². The van der Waals surface area contributed by atoms with Crippen LogP contribution in [0.4, 0.5) is 0 Å². The Bertz CT molecular complexity index is 622. The number of nitrogens with zero attached hydrogens (tertiary/aromatic N) is 2. The lowest BCUT2D eigenvalue weighted by Crippen LogP contribution is -2.33. The summed E-state index contributed by atoms with van der Waals surface area (Å²) >= 11 is 0. The monoisotopic (exact) mass is 284 g/mol. The van der Waals surface area contributed by atoms with Crippen molar-refractivity contribution in [1.82, 2.24) is 15.1 Å². The van der Waals surface area contributed by atoms with Crippen LogP contribution in [0, 0.1) is 6.92 Å². The molecule has 1 saturated heterocycles. The van der Waals surface area contributed by atoms with Crippen molar-refractivity contribution < 1.29 is 4.79 Å². The Balaban J connectivity index is 1.66. The van der Waals surface area contributed by atoms with Crippen molar-refractivity contribution in [2.24, 2.45) is 5.73 Å². The van der Waals surface area contributed by atoms with Crippen LogP contribution in [0.25, 0.3) is 0 Å². The zero-order valence-electron chi connectivity index (χ0n) is 12.1. The fourth-order valence-corrected chi connectivity index (χ4v) is 2.92. The molecule has 1 aliphatic rings. The summed E-state index contributed by atoms with van der Waals surface area (Å²) in [5.41, 5.74) is 9.18. The summed E-state index contributed by atoms with van der Waals surface area (Å²) in [4.78, 5) is 14.2. The Hall–Kier alpha value is -2.14. The number of hydrogen-bond donors (Lipinski definition) is 2. The van der Waals surface area contributed by atoms with E-state index in [9.17, 15) is 4.79 Å². The molecule has 0 saturated carbocycles. The predicted octanol–water partition coefficient (Wildman–Crippen LogP) is 1.21. The highest BCUT2D eigenvalue weighted by Gasteiger charge is 2.33. The van der Waals surface area contributed by atoms with E-state index in [0.717, 1.165) is 11.4 Å². The standard InChI is InChI=1S/C16H20N4O/c1-11-7-13(19-18-11)8-16(21)20-9-14(15(17)10-20)12-5-3-2-4-6-12/h2-7,14-15H,8-10,17H2,1H3,(H,18,19)/t14-,15+/m0/s1. The minimum Gasteiger partial charge on any atom is -0.340 e. The molecule has 1 aromatic carbocycles. The quantitative estimate of drug-likeness (QED) is 0.889. The maximum absolute atomic E-state index is 12.4. The number of nitrogens with two attached hydrogens (primary N) is 1. The lowest BCUT2D eigenvalue weighted by molar-refractivity contribution is -0.129. The number of nitrogens with one attached hydrogen (secondary N) is 1. The smallest absolute Gasteiger partial charge is 0.228 e. The van der Waals surface area contributed by atoms with Gasteiger partial charge in [-0.05, 0) is 18.6 Å². The number of aryl methyl sites for hydroxylation is 1. The summed E-state index contributed by atoms with van der Waals surface area (Å²) < 4.78 is 0. The second kappa shape index (κ2) is 5.69. The van der Waals surface area contributed by atoms with Crippen molar-refractivity contribution in [3.8, 4) is 0 Å². The first kappa shape index (κ1) is 13.8. The molecule has 2 heterocycles. The van der Waals surface area contributed by atoms with Crippen molar-refractivity contribution in [2.45, 2.75) is 25.3 Å². The topological polar surface area (TPSA) is 75.0 Å². The number of hydrogen-bond acceptors (Lipinski definition) is 3. The highest BCUT2D eigenvalue weighted by Crippen LogP contribution is 2.26. The van der Waals surface area contributed by atoms with E-state index in [0.29, 0.717) is 19.5 Å². The Morgan fingerprint density at radius 3 is 2.81 bits per heavy atom. The lowest BCUT2D eigenvalue weighted by atomic mass is 9.95. The first-order chi connectivity index (χ1) is 10.1. The van der Waals surface area contributed by atoms with Gasteiger partial charge >= 0.3 is 0 Å². The van der Waals surface area contributed by atoms with Gasteiger partial charge in [-0.3, -0.25) is 9.89 Å². The highest BCUT2D eigenvalue weighted by atomic mass is 16.2. The van der Waals surface area contributed by atoms with Gasteiger partial charge in [0.25, 0.3) is 0 Å². The van der Waals surface area contributed by atoms with Gasteiger partial charge in [-0.15, -0.1) is 0 Å². The fourth-order valence-electron chi connectivity index (χ4n) is 2.92. The minimum absolute atomic E-state index is 0.00253. The molecule has 110 valence electrons. The maximum atomic E-state index is 12.4. The van der Waals surface area contributed by atoms with Crippen molar-refractivity contribution in [3.63, 3.8) is 0 Å². The Morgan fingerprint density at radius 1 is 1.38 bits per heavy atom. The zero-order valence-corrected chi connectivity index (χ0v) is 12.1. The molecule has 2 aromatic rings. The highest BCUT2D eigenvalue weighted by molar-refractivity contribution is 5.79. The third kappa shape index (κ3) is 2.97. The SMILES string of the molecule is Cc1cc(CC(=O)N2C[C@@H](N)[C@H](c3ccccc3)C2)n[nH]1. The summed E-state index contributed by atoms with van der Waals surface area (Å²) in [5.74, 6) is 0.312. The molecule has 0 radical (unpaired) electrons. The number of benzene rings is 1. The number of amides is 1. The maximum Gasteiger partial charge on any atom is 0.228 e. The average molecular weight is 284 g/mol. The van der Waals surface area contributed by atoms with E-state index in [1.54, 1.807) is 0 Å². The lowest BCUT2D eigenvalue weighted by Gasteiger charge is -2.16. The van der Waals surface area contributed by atoms with Crippen molar-refractivity contribution >= 4 is 5.91 Å². The van der Waals surface area contributed by atoms with Gasteiger partial charge in [0, 0.05) is 30.7 Å². The molecule has 3 N–H and O–H groups in total. The van der Waals surface area contributed by atoms with Crippen molar-refractivity contribution in [2.75, 3.05) is 13.1 Å². The van der Waals surface area contributed by atoms with Gasteiger partial charge in [0.2, 0.25) is 5.91 Å². The molecule has 1 amide bonds. The van der Waals surface area contributed by atoms with E-state index < -0.39 is 0 Å². The number of aromatic amines is 1. The largest absolute Gasteiger partial charge is 0.340 e. The van der Waals surface area contributed by atoms with Gasteiger partial charge < -0.3 is 10.6 Å². The fraction of sp³-hybridized carbons (Fsp3) is 0.375. The number of carbonyl (C=O) groups excluding carboxylic acids is 1. The molecular weight excluding hydrogens is 264 g/mol. The average Bonchev–Trinajstić information content (AvgIpc) is 3.06. The van der Waals surface area contributed by atoms with E-state index in [1.807, 2.05) is 36.1 Å². The van der Waals surface area contributed by atoms with E-state index in [2.05, 4.69) is 22.3 Å². The van der Waals surface area contributed by atoms with Crippen molar-refractivity contribution in [1.29, 1.82) is 0 Å². The molecule has 21 heavy (non-hydrogen) atoms. The molecule has 3 rings (SSSR count). The molecule has 2 atom stereocenters. The Labute approximate surface area is 124 Å². The van der Waals surface area contributed by atoms with Crippen LogP contribution in [-0.4, -0.2) is 40.1 Å². The molecule has 5 heteroatoms. The second-order valence-electron chi connectivity index (χ2n) is 5.70. The summed E-state index contributed by atoms with van der Waals surface area (Å²) in [6, 6.07) is 12.1. The van der Waals surface area contributed by atoms with Gasteiger partial charge in [-0.2, -0.15) is 5.10 Å². The van der Waals surface area contributed by atoms with Gasteiger partial charge in [0.15, 0.2) is 0 Å². The number of H-pyrrole nitrogens is 1. The van der Waals surface area contributed by atoms with Gasteiger partial charge in [-0.1, -0.05) is 30.3 Å². The summed E-state index contributed by atoms with van der Waals surface area (Å²) in [7, 11) is 0. The first-order valence-electron chi connectivity index (χ1n) is 7.22. The predicted molar refractivity (Wildman–Crippen MR) is 80.8 cm³/mol. The van der Waals surface area contributed by atoms with Crippen LogP contribution in [0.5, 0.6) is 0 Å². The van der Waals surface area contributed by atoms with E-state index >= 15 is 0 Å². The molecule has 1 aromatic heterocycles. The Morgan fingerprint density at radius 2 is 2.14 bits per heavy atom. The molecule has 1 aliphatic heterocycles. The van der Waals surface area contributed by atoms with Crippen LogP contribution < -0.4 is 5.73 Å². The molecular formula is C16H20N4O. The molecule has 0 aliphatic carbocycles. The number of rotatable bonds is 3. The van der Waals surface area contributed by atoms with Crippen LogP contribution in [0.2, 0.25) is 0 Å². The zero-order chi connectivity index (χ0) is 14.8. The first-order valence-corrected chi connectivity index (χ1v) is 7.22. The van der Waals surface area contributed by atoms with Gasteiger partial charge in [0.1, 0.15) is 0 Å². The third-order valence-electron chi connectivity index (χ3n) is 4.04. The number of carbonyl (C=O) groups is 1. The van der Waals surface area contributed by atoms with Crippen LogP contribution in [0.1, 0.15) is 22.9 Å². The van der Waals surface area contributed by atoms with Crippen LogP contribution in [0.3, 0.4) is 0 Å². The van der Waals surface area contributed by atoms with E-state index in [1.165, 1.54) is 5.56 Å². The molecule has 1 fully saturated rings. The normalized spacial score (nSPS) is 21.7. The van der Waals surface area contributed by atoms with Crippen molar-refractivity contribution in [3.05, 3.63) is 53.3 Å². The van der Waals surface area contributed by atoms with Gasteiger partial charge in [-0.25, -0.2) is 0 Å². The molecule has 5 nitrogen and oxygen atoms in total. The number of aromatic nitrogens is 2.